The van der Waals surface area contributed by atoms with Gasteiger partial charge < -0.3 is 5.32 Å². The second-order valence-electron chi connectivity index (χ2n) is 6.68. The lowest BCUT2D eigenvalue weighted by Gasteiger charge is -2.17. The predicted octanol–water partition coefficient (Wildman–Crippen LogP) is 4.50. The highest BCUT2D eigenvalue weighted by atomic mass is 35.5. The summed E-state index contributed by atoms with van der Waals surface area (Å²) in [6, 6.07) is 10.8. The number of benzene rings is 2. The minimum Gasteiger partial charge on any atom is -0.353 e. The molecule has 0 spiro atoms. The van der Waals surface area contributed by atoms with Crippen LogP contribution in [0.4, 0.5) is 5.69 Å². The topological polar surface area (TPSA) is 75.3 Å². The van der Waals surface area contributed by atoms with E-state index in [1.54, 1.807) is 24.3 Å². The number of halogens is 2. The third-order valence-corrected chi connectivity index (χ3v) is 5.90. The van der Waals surface area contributed by atoms with Gasteiger partial charge in [0.25, 0.3) is 10.0 Å². The number of hydrogen-bond donors (Lipinski definition) is 2. The van der Waals surface area contributed by atoms with Crippen molar-refractivity contribution < 1.29 is 13.2 Å². The van der Waals surface area contributed by atoms with E-state index in [1.807, 2.05) is 20.8 Å². The molecule has 8 heteroatoms. The van der Waals surface area contributed by atoms with Gasteiger partial charge in [0, 0.05) is 21.8 Å². The normalized spacial score (nSPS) is 12.7. The summed E-state index contributed by atoms with van der Waals surface area (Å²) in [5.41, 5.74) is 1.17. The number of hydrogen-bond acceptors (Lipinski definition) is 3. The van der Waals surface area contributed by atoms with Crippen molar-refractivity contribution in [1.82, 2.24) is 5.32 Å². The van der Waals surface area contributed by atoms with Crippen LogP contribution < -0.4 is 10.0 Å². The zero-order valence-electron chi connectivity index (χ0n) is 15.3. The van der Waals surface area contributed by atoms with Gasteiger partial charge in [-0.2, -0.15) is 0 Å². The zero-order valence-corrected chi connectivity index (χ0v) is 17.6. The molecule has 0 radical (unpaired) electrons. The quantitative estimate of drug-likeness (QED) is 0.681. The first-order chi connectivity index (χ1) is 12.6. The monoisotopic (exact) mass is 428 g/mol. The maximum absolute atomic E-state index is 12.5. The van der Waals surface area contributed by atoms with E-state index in [9.17, 15) is 13.2 Å². The van der Waals surface area contributed by atoms with Crippen molar-refractivity contribution in [3.63, 3.8) is 0 Å². The summed E-state index contributed by atoms with van der Waals surface area (Å²) < 4.78 is 27.4. The molecule has 0 aromatic heterocycles. The summed E-state index contributed by atoms with van der Waals surface area (Å²) in [4.78, 5) is 12.0. The second-order valence-corrected chi connectivity index (χ2v) is 9.24. The number of sulfonamides is 1. The fourth-order valence-electron chi connectivity index (χ4n) is 2.25. The van der Waals surface area contributed by atoms with Gasteiger partial charge in [-0.1, -0.05) is 49.2 Å². The molecule has 0 aliphatic rings. The molecular formula is C19H22Cl2N2O3S. The lowest BCUT2D eigenvalue weighted by atomic mass is 10.1. The maximum Gasteiger partial charge on any atom is 0.261 e. The van der Waals surface area contributed by atoms with E-state index in [4.69, 9.17) is 23.2 Å². The van der Waals surface area contributed by atoms with Crippen molar-refractivity contribution in [2.45, 2.75) is 38.1 Å². The van der Waals surface area contributed by atoms with Crippen LogP contribution in [0.15, 0.2) is 47.4 Å². The molecular weight excluding hydrogens is 407 g/mol. The lowest BCUT2D eigenvalue weighted by Crippen LogP contribution is -2.37. The van der Waals surface area contributed by atoms with Gasteiger partial charge in [0.15, 0.2) is 0 Å². The molecule has 0 aliphatic heterocycles. The Bertz CT molecular complexity index is 893. The van der Waals surface area contributed by atoms with Crippen LogP contribution in [0.25, 0.3) is 0 Å². The van der Waals surface area contributed by atoms with Gasteiger partial charge >= 0.3 is 0 Å². The SMILES string of the molecule is CC(C)C(C)NC(=O)Cc1ccc(NS(=O)(=O)c2cc(Cl)cc(Cl)c2)cc1. The first-order valence-electron chi connectivity index (χ1n) is 8.44. The average Bonchev–Trinajstić information content (AvgIpc) is 2.55. The molecule has 0 bridgehead atoms. The fraction of sp³-hybridized carbons (Fsp3) is 0.316. The Balaban J connectivity index is 2.05. The number of carbonyl (C=O) groups excluding carboxylic acids is 1. The molecule has 0 heterocycles. The molecule has 146 valence electrons. The predicted molar refractivity (Wildman–Crippen MR) is 110 cm³/mol. The molecule has 1 unspecified atom stereocenters. The van der Waals surface area contributed by atoms with Gasteiger partial charge in [-0.05, 0) is 48.7 Å². The molecule has 0 fully saturated rings. The minimum absolute atomic E-state index is 0.0221. The van der Waals surface area contributed by atoms with Gasteiger partial charge in [-0.25, -0.2) is 8.42 Å². The van der Waals surface area contributed by atoms with Crippen LogP contribution in [-0.4, -0.2) is 20.4 Å². The molecule has 0 saturated heterocycles. The van der Waals surface area contributed by atoms with Crippen molar-refractivity contribution in [1.29, 1.82) is 0 Å². The van der Waals surface area contributed by atoms with Gasteiger partial charge in [-0.3, -0.25) is 9.52 Å². The van der Waals surface area contributed by atoms with Crippen LogP contribution in [0.5, 0.6) is 0 Å². The fourth-order valence-corrected chi connectivity index (χ4v) is 4.03. The van der Waals surface area contributed by atoms with Crippen molar-refractivity contribution >= 4 is 44.8 Å². The summed E-state index contributed by atoms with van der Waals surface area (Å²) in [6.45, 7) is 6.04. The standard InChI is InChI=1S/C19H22Cl2N2O3S/c1-12(2)13(3)22-19(24)8-14-4-6-17(7-5-14)23-27(25,26)18-10-15(20)9-16(21)11-18/h4-7,9-13,23H,8H2,1-3H3,(H,22,24). The van der Waals surface area contributed by atoms with E-state index in [0.29, 0.717) is 11.6 Å². The molecule has 1 amide bonds. The van der Waals surface area contributed by atoms with Gasteiger partial charge in [-0.15, -0.1) is 0 Å². The zero-order chi connectivity index (χ0) is 20.2. The Labute approximate surface area is 170 Å². The second kappa shape index (κ2) is 8.95. The summed E-state index contributed by atoms with van der Waals surface area (Å²) >= 11 is 11.7. The Morgan fingerprint density at radius 3 is 2.07 bits per heavy atom. The van der Waals surface area contributed by atoms with E-state index in [1.165, 1.54) is 18.2 Å². The highest BCUT2D eigenvalue weighted by molar-refractivity contribution is 7.92. The first kappa shape index (κ1) is 21.5. The average molecular weight is 429 g/mol. The molecule has 1 atom stereocenters. The third kappa shape index (κ3) is 6.41. The molecule has 2 aromatic rings. The van der Waals surface area contributed by atoms with Crippen LogP contribution in [-0.2, 0) is 21.2 Å². The Kier molecular flexibility index (Phi) is 7.14. The number of anilines is 1. The number of carbonyl (C=O) groups is 1. The Morgan fingerprint density at radius 2 is 1.56 bits per heavy atom. The molecule has 2 aromatic carbocycles. The molecule has 5 nitrogen and oxygen atoms in total. The van der Waals surface area contributed by atoms with Crippen molar-refractivity contribution in [3.05, 3.63) is 58.1 Å². The highest BCUT2D eigenvalue weighted by Crippen LogP contribution is 2.24. The van der Waals surface area contributed by atoms with Crippen LogP contribution in [0, 0.1) is 5.92 Å². The smallest absolute Gasteiger partial charge is 0.261 e. The van der Waals surface area contributed by atoms with Crippen LogP contribution >= 0.6 is 23.2 Å². The first-order valence-corrected chi connectivity index (χ1v) is 10.7. The van der Waals surface area contributed by atoms with Gasteiger partial charge in [0.2, 0.25) is 5.91 Å². The third-order valence-electron chi connectivity index (χ3n) is 4.11. The lowest BCUT2D eigenvalue weighted by molar-refractivity contribution is -0.121. The number of amides is 1. The molecule has 0 saturated carbocycles. The maximum atomic E-state index is 12.5. The molecule has 27 heavy (non-hydrogen) atoms. The minimum atomic E-state index is -3.82. The Hall–Kier alpha value is -1.76. The number of rotatable bonds is 7. The van der Waals surface area contributed by atoms with Crippen LogP contribution in [0.3, 0.4) is 0 Å². The molecule has 2 N–H and O–H groups in total. The van der Waals surface area contributed by atoms with Crippen molar-refractivity contribution in [3.8, 4) is 0 Å². The number of nitrogens with one attached hydrogen (secondary N) is 2. The van der Waals surface area contributed by atoms with Crippen LogP contribution in [0.2, 0.25) is 10.0 Å². The molecule has 0 aliphatic carbocycles. The Morgan fingerprint density at radius 1 is 1.00 bits per heavy atom. The van der Waals surface area contributed by atoms with E-state index in [-0.39, 0.29) is 33.3 Å². The van der Waals surface area contributed by atoms with Crippen molar-refractivity contribution in [2.24, 2.45) is 5.92 Å². The van der Waals surface area contributed by atoms with Gasteiger partial charge in [0.05, 0.1) is 11.3 Å². The summed E-state index contributed by atoms with van der Waals surface area (Å²) in [7, 11) is -3.82. The summed E-state index contributed by atoms with van der Waals surface area (Å²) in [5.74, 6) is 0.281. The van der Waals surface area contributed by atoms with E-state index in [2.05, 4.69) is 10.0 Å². The summed E-state index contributed by atoms with van der Waals surface area (Å²) in [6.07, 6.45) is 0.230. The van der Waals surface area contributed by atoms with Crippen LogP contribution in [0.1, 0.15) is 26.3 Å². The van der Waals surface area contributed by atoms with Crippen molar-refractivity contribution in [2.75, 3.05) is 4.72 Å². The van der Waals surface area contributed by atoms with E-state index in [0.717, 1.165) is 5.56 Å². The molecule has 2 rings (SSSR count). The highest BCUT2D eigenvalue weighted by Gasteiger charge is 2.16. The largest absolute Gasteiger partial charge is 0.353 e. The summed E-state index contributed by atoms with van der Waals surface area (Å²) in [5, 5.41) is 3.41. The van der Waals surface area contributed by atoms with E-state index < -0.39 is 10.0 Å². The van der Waals surface area contributed by atoms with E-state index >= 15 is 0 Å². The van der Waals surface area contributed by atoms with Gasteiger partial charge in [0.1, 0.15) is 0 Å².